The summed E-state index contributed by atoms with van der Waals surface area (Å²) in [7, 11) is -3.67. The number of ether oxygens (including phenoxy) is 1. The predicted octanol–water partition coefficient (Wildman–Crippen LogP) is 4.32. The summed E-state index contributed by atoms with van der Waals surface area (Å²) >= 11 is 1.40. The van der Waals surface area contributed by atoms with Crippen LogP contribution in [0.15, 0.2) is 45.0 Å². The average Bonchev–Trinajstić information content (AvgIpc) is 3.39. The Bertz CT molecular complexity index is 1180. The standard InChI is InChI=1S/C22H27N3O5S2/c1-5-25(6-2)32(27,28)17-9-11-19(29-7-3)18(13-17)24-21(26)12-16-14-31-22(23-16)20-10-8-15(4)30-20/h8-11,13-14H,5-7,12H2,1-4H3,(H,24,26). The van der Waals surface area contributed by atoms with Crippen LogP contribution in [0.2, 0.25) is 0 Å². The number of aromatic nitrogens is 1. The van der Waals surface area contributed by atoms with E-state index in [9.17, 15) is 13.2 Å². The van der Waals surface area contributed by atoms with E-state index in [0.717, 1.165) is 5.76 Å². The Morgan fingerprint density at radius 2 is 1.94 bits per heavy atom. The molecular weight excluding hydrogens is 450 g/mol. The van der Waals surface area contributed by atoms with Crippen molar-refractivity contribution in [1.29, 1.82) is 0 Å². The molecule has 1 aromatic carbocycles. The van der Waals surface area contributed by atoms with Crippen molar-refractivity contribution in [3.63, 3.8) is 0 Å². The molecule has 0 atom stereocenters. The van der Waals surface area contributed by atoms with Crippen LogP contribution in [0.1, 0.15) is 32.2 Å². The Hall–Kier alpha value is -2.69. The van der Waals surface area contributed by atoms with Crippen molar-refractivity contribution in [1.82, 2.24) is 9.29 Å². The lowest BCUT2D eigenvalue weighted by molar-refractivity contribution is -0.115. The van der Waals surface area contributed by atoms with E-state index in [-0.39, 0.29) is 17.2 Å². The number of hydrogen-bond donors (Lipinski definition) is 1. The molecule has 0 saturated carbocycles. The number of aryl methyl sites for hydroxylation is 1. The predicted molar refractivity (Wildman–Crippen MR) is 125 cm³/mol. The van der Waals surface area contributed by atoms with Gasteiger partial charge in [-0.25, -0.2) is 13.4 Å². The second-order valence-electron chi connectivity index (χ2n) is 6.96. The number of carbonyl (C=O) groups excluding carboxylic acids is 1. The van der Waals surface area contributed by atoms with Crippen LogP contribution >= 0.6 is 11.3 Å². The van der Waals surface area contributed by atoms with E-state index in [1.807, 2.05) is 26.0 Å². The van der Waals surface area contributed by atoms with Crippen LogP contribution in [0.3, 0.4) is 0 Å². The Balaban J connectivity index is 1.80. The van der Waals surface area contributed by atoms with Gasteiger partial charge >= 0.3 is 0 Å². The van der Waals surface area contributed by atoms with Crippen LogP contribution in [-0.4, -0.2) is 43.3 Å². The number of nitrogens with one attached hydrogen (secondary N) is 1. The number of carbonyl (C=O) groups is 1. The van der Waals surface area contributed by atoms with E-state index in [1.54, 1.807) is 25.3 Å². The van der Waals surface area contributed by atoms with Gasteiger partial charge in [0.05, 0.1) is 29.3 Å². The molecular formula is C22H27N3O5S2. The molecule has 0 saturated heterocycles. The largest absolute Gasteiger partial charge is 0.492 e. The molecule has 0 unspecified atom stereocenters. The number of benzene rings is 1. The van der Waals surface area contributed by atoms with Gasteiger partial charge in [-0.05, 0) is 44.2 Å². The summed E-state index contributed by atoms with van der Waals surface area (Å²) in [5, 5.41) is 5.28. The average molecular weight is 478 g/mol. The second-order valence-corrected chi connectivity index (χ2v) is 9.76. The number of thiazole rings is 1. The Kier molecular flexibility index (Phi) is 7.70. The van der Waals surface area contributed by atoms with Crippen LogP contribution in [0.25, 0.3) is 10.8 Å². The van der Waals surface area contributed by atoms with Gasteiger partial charge in [0.1, 0.15) is 11.5 Å². The van der Waals surface area contributed by atoms with Gasteiger partial charge in [0.25, 0.3) is 0 Å². The van der Waals surface area contributed by atoms with Crippen molar-refractivity contribution in [2.75, 3.05) is 25.0 Å². The Morgan fingerprint density at radius 3 is 2.56 bits per heavy atom. The van der Waals surface area contributed by atoms with Gasteiger partial charge in [-0.1, -0.05) is 13.8 Å². The van der Waals surface area contributed by atoms with Crippen molar-refractivity contribution in [3.05, 3.63) is 47.2 Å². The monoisotopic (exact) mass is 477 g/mol. The third kappa shape index (κ3) is 5.37. The molecule has 0 bridgehead atoms. The summed E-state index contributed by atoms with van der Waals surface area (Å²) in [5.41, 5.74) is 0.906. The molecule has 3 aromatic rings. The van der Waals surface area contributed by atoms with Crippen LogP contribution in [0.5, 0.6) is 5.75 Å². The maximum Gasteiger partial charge on any atom is 0.243 e. The molecule has 1 amide bonds. The van der Waals surface area contributed by atoms with Crippen LogP contribution < -0.4 is 10.1 Å². The van der Waals surface area contributed by atoms with Gasteiger partial charge in [0.2, 0.25) is 15.9 Å². The summed E-state index contributed by atoms with van der Waals surface area (Å²) in [5.74, 6) is 1.53. The van der Waals surface area contributed by atoms with Gasteiger partial charge in [0.15, 0.2) is 10.8 Å². The van der Waals surface area contributed by atoms with E-state index in [2.05, 4.69) is 10.3 Å². The highest BCUT2D eigenvalue weighted by molar-refractivity contribution is 7.89. The molecule has 0 aliphatic rings. The molecule has 8 nitrogen and oxygen atoms in total. The summed E-state index contributed by atoms with van der Waals surface area (Å²) in [4.78, 5) is 17.3. The van der Waals surface area contributed by atoms with E-state index < -0.39 is 10.0 Å². The SMILES string of the molecule is CCOc1ccc(S(=O)(=O)N(CC)CC)cc1NC(=O)Cc1csc(-c2ccc(C)o2)n1. The zero-order chi connectivity index (χ0) is 23.3. The van der Waals surface area contributed by atoms with Crippen molar-refractivity contribution in [2.24, 2.45) is 0 Å². The lowest BCUT2D eigenvalue weighted by atomic mass is 10.2. The maximum absolute atomic E-state index is 12.9. The molecule has 0 aliphatic carbocycles. The van der Waals surface area contributed by atoms with Gasteiger partial charge < -0.3 is 14.5 Å². The fourth-order valence-corrected chi connectivity index (χ4v) is 5.44. The number of hydrogen-bond acceptors (Lipinski definition) is 7. The molecule has 10 heteroatoms. The van der Waals surface area contributed by atoms with Gasteiger partial charge in [-0.3, -0.25) is 4.79 Å². The number of anilines is 1. The first-order valence-corrected chi connectivity index (χ1v) is 12.7. The summed E-state index contributed by atoms with van der Waals surface area (Å²) in [6.07, 6.45) is 0.0365. The zero-order valence-electron chi connectivity index (χ0n) is 18.5. The minimum atomic E-state index is -3.67. The fourth-order valence-electron chi connectivity index (χ4n) is 3.17. The number of sulfonamides is 1. The zero-order valence-corrected chi connectivity index (χ0v) is 20.2. The maximum atomic E-state index is 12.9. The molecule has 0 spiro atoms. The van der Waals surface area contributed by atoms with Gasteiger partial charge in [-0.15, -0.1) is 11.3 Å². The quantitative estimate of drug-likeness (QED) is 0.467. The smallest absolute Gasteiger partial charge is 0.243 e. The minimum Gasteiger partial charge on any atom is -0.492 e. The van der Waals surface area contributed by atoms with E-state index in [0.29, 0.717) is 47.6 Å². The molecule has 172 valence electrons. The van der Waals surface area contributed by atoms with Crippen molar-refractivity contribution in [2.45, 2.75) is 39.0 Å². The fraction of sp³-hybridized carbons (Fsp3) is 0.364. The van der Waals surface area contributed by atoms with Crippen molar-refractivity contribution >= 4 is 33.0 Å². The number of nitrogens with zero attached hydrogens (tertiary/aromatic N) is 2. The summed E-state index contributed by atoms with van der Waals surface area (Å²) in [6, 6.07) is 8.20. The Morgan fingerprint density at radius 1 is 1.19 bits per heavy atom. The van der Waals surface area contributed by atoms with Gasteiger partial charge in [0, 0.05) is 18.5 Å². The third-order valence-corrected chi connectivity index (χ3v) is 7.66. The molecule has 1 N–H and O–H groups in total. The first-order chi connectivity index (χ1) is 15.3. The topological polar surface area (TPSA) is 102 Å². The summed E-state index contributed by atoms with van der Waals surface area (Å²) < 4.78 is 38.3. The van der Waals surface area contributed by atoms with E-state index >= 15 is 0 Å². The molecule has 2 aromatic heterocycles. The van der Waals surface area contributed by atoms with Crippen LogP contribution in [0, 0.1) is 6.92 Å². The lowest BCUT2D eigenvalue weighted by Crippen LogP contribution is -2.30. The number of furan rings is 1. The molecule has 0 fully saturated rings. The second kappa shape index (κ2) is 10.3. The van der Waals surface area contributed by atoms with E-state index in [1.165, 1.54) is 27.8 Å². The van der Waals surface area contributed by atoms with Crippen molar-refractivity contribution < 1.29 is 22.4 Å². The molecule has 2 heterocycles. The van der Waals surface area contributed by atoms with E-state index in [4.69, 9.17) is 9.15 Å². The number of rotatable bonds is 10. The third-order valence-electron chi connectivity index (χ3n) is 4.71. The van der Waals surface area contributed by atoms with Crippen LogP contribution in [0.4, 0.5) is 5.69 Å². The molecule has 32 heavy (non-hydrogen) atoms. The van der Waals surface area contributed by atoms with Crippen LogP contribution in [-0.2, 0) is 21.2 Å². The normalized spacial score (nSPS) is 11.7. The highest BCUT2D eigenvalue weighted by Gasteiger charge is 2.23. The lowest BCUT2D eigenvalue weighted by Gasteiger charge is -2.20. The first-order valence-electron chi connectivity index (χ1n) is 10.4. The summed E-state index contributed by atoms with van der Waals surface area (Å²) in [6.45, 7) is 8.33. The molecule has 3 rings (SSSR count). The number of amides is 1. The molecule has 0 radical (unpaired) electrons. The first kappa shape index (κ1) is 24.0. The Labute approximate surface area is 192 Å². The van der Waals surface area contributed by atoms with Gasteiger partial charge in [-0.2, -0.15) is 4.31 Å². The minimum absolute atomic E-state index is 0.0365. The molecule has 0 aliphatic heterocycles. The highest BCUT2D eigenvalue weighted by Crippen LogP contribution is 2.30. The van der Waals surface area contributed by atoms with Crippen molar-refractivity contribution in [3.8, 4) is 16.5 Å². The highest BCUT2D eigenvalue weighted by atomic mass is 32.2.